The predicted molar refractivity (Wildman–Crippen MR) is 90.8 cm³/mol. The Morgan fingerprint density at radius 3 is 2.19 bits per heavy atom. The first-order valence-corrected chi connectivity index (χ1v) is 7.24. The Balaban J connectivity index is 2.28. The summed E-state index contributed by atoms with van der Waals surface area (Å²) >= 11 is 0. The van der Waals surface area contributed by atoms with Crippen molar-refractivity contribution >= 4 is 11.0 Å². The fourth-order valence-corrected chi connectivity index (χ4v) is 2.53. The van der Waals surface area contributed by atoms with E-state index < -0.39 is 5.43 Å². The molecule has 0 saturated carbocycles. The Morgan fingerprint density at radius 1 is 0.962 bits per heavy atom. The van der Waals surface area contributed by atoms with Crippen LogP contribution in [0.15, 0.2) is 44.9 Å². The molecule has 2 aromatic carbocycles. The van der Waals surface area contributed by atoms with E-state index >= 15 is 0 Å². The van der Waals surface area contributed by atoms with Crippen molar-refractivity contribution in [3.63, 3.8) is 0 Å². The standard InChI is InChI=1S/C17H13NO8/c1-23-14-3-8(4-15(24-2)17(14)21)11-7-10(20)16-12(25-11)5-9(19)6-13(16)26-18-22/h3-7,19,21H,1-2H3. The third-order valence-electron chi connectivity index (χ3n) is 3.68. The molecule has 3 aromatic rings. The van der Waals surface area contributed by atoms with Gasteiger partial charge in [-0.3, -0.25) is 4.79 Å². The van der Waals surface area contributed by atoms with Gasteiger partial charge in [0.15, 0.2) is 28.0 Å². The fourth-order valence-electron chi connectivity index (χ4n) is 2.53. The summed E-state index contributed by atoms with van der Waals surface area (Å²) in [6, 6.07) is 6.35. The minimum Gasteiger partial charge on any atom is -0.508 e. The highest BCUT2D eigenvalue weighted by molar-refractivity contribution is 5.86. The van der Waals surface area contributed by atoms with Crippen LogP contribution in [0, 0.1) is 4.91 Å². The molecular weight excluding hydrogens is 346 g/mol. The van der Waals surface area contributed by atoms with E-state index in [9.17, 15) is 19.9 Å². The minimum atomic E-state index is -0.522. The molecule has 0 atom stereocenters. The lowest BCUT2D eigenvalue weighted by Crippen LogP contribution is -2.02. The molecule has 0 unspecified atom stereocenters. The van der Waals surface area contributed by atoms with Crippen molar-refractivity contribution in [1.82, 2.24) is 0 Å². The Kier molecular flexibility index (Phi) is 4.36. The zero-order chi connectivity index (χ0) is 18.8. The average Bonchev–Trinajstić information content (AvgIpc) is 2.61. The third-order valence-corrected chi connectivity index (χ3v) is 3.68. The van der Waals surface area contributed by atoms with Crippen LogP contribution in [0.1, 0.15) is 0 Å². The first kappa shape index (κ1) is 17.1. The fraction of sp³-hybridized carbons (Fsp3) is 0.118. The van der Waals surface area contributed by atoms with Crippen LogP contribution in [-0.4, -0.2) is 24.4 Å². The summed E-state index contributed by atoms with van der Waals surface area (Å²) in [5.41, 5.74) is -0.155. The first-order valence-electron chi connectivity index (χ1n) is 7.24. The lowest BCUT2D eigenvalue weighted by Gasteiger charge is -2.11. The molecular formula is C17H13NO8. The molecule has 3 rings (SSSR count). The summed E-state index contributed by atoms with van der Waals surface area (Å²) in [6.07, 6.45) is 0. The van der Waals surface area contributed by atoms with Crippen LogP contribution in [0.3, 0.4) is 0 Å². The highest BCUT2D eigenvalue weighted by atomic mass is 16.7. The van der Waals surface area contributed by atoms with Crippen LogP contribution in [0.4, 0.5) is 0 Å². The maximum atomic E-state index is 12.5. The first-order chi connectivity index (χ1) is 12.5. The summed E-state index contributed by atoms with van der Waals surface area (Å²) in [5.74, 6) is -0.352. The molecule has 9 heteroatoms. The summed E-state index contributed by atoms with van der Waals surface area (Å²) in [6.45, 7) is 0. The molecule has 0 amide bonds. The van der Waals surface area contributed by atoms with Crippen molar-refractivity contribution in [1.29, 1.82) is 0 Å². The Labute approximate surface area is 145 Å². The number of aromatic hydroxyl groups is 2. The van der Waals surface area contributed by atoms with Crippen LogP contribution in [0.2, 0.25) is 0 Å². The van der Waals surface area contributed by atoms with Crippen molar-refractivity contribution < 1.29 is 28.9 Å². The normalized spacial score (nSPS) is 10.5. The summed E-state index contributed by atoms with van der Waals surface area (Å²) in [4.78, 5) is 27.3. The van der Waals surface area contributed by atoms with Gasteiger partial charge in [0.25, 0.3) is 0 Å². The maximum absolute atomic E-state index is 12.5. The third kappa shape index (κ3) is 2.86. The van der Waals surface area contributed by atoms with E-state index in [1.165, 1.54) is 38.5 Å². The van der Waals surface area contributed by atoms with E-state index in [1.54, 1.807) is 0 Å². The average molecular weight is 359 g/mol. The molecule has 134 valence electrons. The van der Waals surface area contributed by atoms with E-state index in [0.717, 1.165) is 6.07 Å². The predicted octanol–water partition coefficient (Wildman–Crippen LogP) is 2.95. The lowest BCUT2D eigenvalue weighted by molar-refractivity contribution is 0.336. The Morgan fingerprint density at radius 2 is 1.62 bits per heavy atom. The summed E-state index contributed by atoms with van der Waals surface area (Å²) in [5, 5.41) is 21.9. The Hall–Kier alpha value is -3.75. The van der Waals surface area contributed by atoms with Gasteiger partial charge in [0, 0.05) is 23.8 Å². The van der Waals surface area contributed by atoms with E-state index in [4.69, 9.17) is 13.9 Å². The Bertz CT molecular complexity index is 1030. The van der Waals surface area contributed by atoms with Crippen LogP contribution in [-0.2, 0) is 0 Å². The quantitative estimate of drug-likeness (QED) is 0.526. The topological polar surface area (TPSA) is 128 Å². The van der Waals surface area contributed by atoms with Crippen LogP contribution < -0.4 is 19.7 Å². The van der Waals surface area contributed by atoms with Gasteiger partial charge in [-0.15, -0.1) is 4.91 Å². The summed E-state index contributed by atoms with van der Waals surface area (Å²) in [7, 11) is 2.73. The number of nitrogens with zero attached hydrogens (tertiary/aromatic N) is 1. The van der Waals surface area contributed by atoms with Crippen LogP contribution in [0.25, 0.3) is 22.3 Å². The summed E-state index contributed by atoms with van der Waals surface area (Å²) < 4.78 is 15.8. The van der Waals surface area contributed by atoms with Crippen molar-refractivity contribution in [3.8, 4) is 40.1 Å². The van der Waals surface area contributed by atoms with Crippen molar-refractivity contribution in [2.75, 3.05) is 14.2 Å². The molecule has 0 spiro atoms. The molecule has 0 fully saturated rings. The smallest absolute Gasteiger partial charge is 0.200 e. The van der Waals surface area contributed by atoms with Gasteiger partial charge in [-0.2, -0.15) is 0 Å². The van der Waals surface area contributed by atoms with Crippen LogP contribution >= 0.6 is 0 Å². The van der Waals surface area contributed by atoms with Gasteiger partial charge in [-0.1, -0.05) is 0 Å². The van der Waals surface area contributed by atoms with Gasteiger partial charge in [0.2, 0.25) is 5.75 Å². The zero-order valence-corrected chi connectivity index (χ0v) is 13.7. The van der Waals surface area contributed by atoms with Gasteiger partial charge >= 0.3 is 0 Å². The number of ether oxygens (including phenoxy) is 2. The van der Waals surface area contributed by atoms with E-state index in [1.807, 2.05) is 0 Å². The lowest BCUT2D eigenvalue weighted by atomic mass is 10.1. The van der Waals surface area contributed by atoms with E-state index in [-0.39, 0.29) is 45.5 Å². The number of hydrogen-bond donors (Lipinski definition) is 2. The highest BCUT2D eigenvalue weighted by Crippen LogP contribution is 2.41. The molecule has 2 N–H and O–H groups in total. The van der Waals surface area contributed by atoms with Gasteiger partial charge in [0.1, 0.15) is 22.5 Å². The molecule has 26 heavy (non-hydrogen) atoms. The number of phenols is 2. The van der Waals surface area contributed by atoms with Crippen molar-refractivity contribution in [2.45, 2.75) is 0 Å². The van der Waals surface area contributed by atoms with Crippen LogP contribution in [0.5, 0.6) is 28.7 Å². The highest BCUT2D eigenvalue weighted by Gasteiger charge is 2.17. The van der Waals surface area contributed by atoms with Gasteiger partial charge in [-0.05, 0) is 12.1 Å². The molecule has 0 bridgehead atoms. The molecule has 0 saturated heterocycles. The van der Waals surface area contributed by atoms with Gasteiger partial charge < -0.3 is 28.9 Å². The van der Waals surface area contributed by atoms with Crippen molar-refractivity contribution in [2.24, 2.45) is 5.34 Å². The second kappa shape index (κ2) is 6.63. The zero-order valence-electron chi connectivity index (χ0n) is 13.7. The molecule has 0 radical (unpaired) electrons. The maximum Gasteiger partial charge on any atom is 0.200 e. The largest absolute Gasteiger partial charge is 0.508 e. The molecule has 1 aromatic heterocycles. The number of fused-ring (bicyclic) bond motifs is 1. The van der Waals surface area contributed by atoms with Crippen molar-refractivity contribution in [3.05, 3.63) is 45.5 Å². The number of hydrogen-bond acceptors (Lipinski definition) is 9. The molecule has 0 aliphatic carbocycles. The second-order valence-electron chi connectivity index (χ2n) is 5.19. The van der Waals surface area contributed by atoms with Gasteiger partial charge in [0.05, 0.1) is 14.2 Å². The monoisotopic (exact) mass is 359 g/mol. The SMILES string of the molecule is COc1cc(-c2cc(=O)c3c(ON=O)cc(O)cc3o2)cc(OC)c1O. The molecule has 1 heterocycles. The number of phenolic OH excluding ortho intramolecular Hbond substituents is 2. The molecule has 9 nitrogen and oxygen atoms in total. The molecule has 0 aliphatic rings. The number of rotatable bonds is 5. The number of benzene rings is 2. The van der Waals surface area contributed by atoms with E-state index in [2.05, 4.69) is 10.2 Å². The number of methoxy groups -OCH3 is 2. The molecule has 0 aliphatic heterocycles. The minimum absolute atomic E-state index is 0.0165. The second-order valence-corrected chi connectivity index (χ2v) is 5.19. The van der Waals surface area contributed by atoms with E-state index in [0.29, 0.717) is 5.56 Å². The van der Waals surface area contributed by atoms with Gasteiger partial charge in [-0.25, -0.2) is 0 Å².